The second-order valence-corrected chi connectivity index (χ2v) is 4.92. The van der Waals surface area contributed by atoms with Crippen molar-refractivity contribution in [2.24, 2.45) is 0 Å². The highest BCUT2D eigenvalue weighted by molar-refractivity contribution is 6.30. The predicted molar refractivity (Wildman–Crippen MR) is 81.6 cm³/mol. The number of hydrogen-bond acceptors (Lipinski definition) is 3. The maximum absolute atomic E-state index is 12.3. The van der Waals surface area contributed by atoms with Gasteiger partial charge in [-0.15, -0.1) is 0 Å². The van der Waals surface area contributed by atoms with E-state index in [0.29, 0.717) is 28.4 Å². The van der Waals surface area contributed by atoms with Gasteiger partial charge in [0, 0.05) is 16.8 Å². The number of benzene rings is 1. The van der Waals surface area contributed by atoms with Gasteiger partial charge in [-0.25, -0.2) is 9.31 Å². The molecule has 5 heteroatoms. The summed E-state index contributed by atoms with van der Waals surface area (Å²) in [5.74, 6) is -0.381. The van der Waals surface area contributed by atoms with Gasteiger partial charge < -0.3 is 4.74 Å². The second-order valence-electron chi connectivity index (χ2n) is 4.48. The number of aromatic nitrogens is 2. The fraction of sp³-hybridized carbons (Fsp3) is 0.125. The molecule has 0 radical (unpaired) electrons. The van der Waals surface area contributed by atoms with Gasteiger partial charge in [0.2, 0.25) is 0 Å². The minimum Gasteiger partial charge on any atom is -0.462 e. The van der Waals surface area contributed by atoms with E-state index in [9.17, 15) is 4.79 Å². The Hall–Kier alpha value is -2.33. The van der Waals surface area contributed by atoms with E-state index >= 15 is 0 Å². The minimum absolute atomic E-state index is 0.317. The van der Waals surface area contributed by atoms with Crippen molar-refractivity contribution < 1.29 is 9.53 Å². The van der Waals surface area contributed by atoms with Gasteiger partial charge in [-0.3, -0.25) is 0 Å². The van der Waals surface area contributed by atoms with Gasteiger partial charge in [0.25, 0.3) is 0 Å². The number of ether oxygens (including phenoxy) is 1. The normalized spacial score (nSPS) is 10.8. The Kier molecular flexibility index (Phi) is 3.62. The molecule has 0 saturated heterocycles. The second kappa shape index (κ2) is 5.58. The summed E-state index contributed by atoms with van der Waals surface area (Å²) in [7, 11) is 0. The highest BCUT2D eigenvalue weighted by atomic mass is 35.5. The molecule has 4 nitrogen and oxygen atoms in total. The summed E-state index contributed by atoms with van der Waals surface area (Å²) in [6.07, 6.45) is 1.80. The lowest BCUT2D eigenvalue weighted by Gasteiger charge is -2.03. The van der Waals surface area contributed by atoms with Crippen molar-refractivity contribution in [2.75, 3.05) is 6.61 Å². The number of pyridine rings is 1. The average molecular weight is 301 g/mol. The molecule has 0 aliphatic rings. The maximum Gasteiger partial charge on any atom is 0.342 e. The molecule has 0 atom stereocenters. The molecule has 0 spiro atoms. The largest absolute Gasteiger partial charge is 0.462 e. The average Bonchev–Trinajstić information content (AvgIpc) is 2.87. The van der Waals surface area contributed by atoms with E-state index in [1.54, 1.807) is 29.8 Å². The van der Waals surface area contributed by atoms with Crippen LogP contribution in [0.4, 0.5) is 0 Å². The molecule has 0 aliphatic heterocycles. The number of carbonyl (C=O) groups excluding carboxylic acids is 1. The number of rotatable bonds is 3. The number of fused-ring (bicyclic) bond motifs is 1. The molecule has 2 heterocycles. The van der Waals surface area contributed by atoms with E-state index in [1.807, 2.05) is 30.3 Å². The van der Waals surface area contributed by atoms with E-state index in [0.717, 1.165) is 5.56 Å². The zero-order valence-electron chi connectivity index (χ0n) is 11.4. The Labute approximate surface area is 126 Å². The van der Waals surface area contributed by atoms with Crippen LogP contribution in [-0.2, 0) is 4.74 Å². The van der Waals surface area contributed by atoms with Crippen LogP contribution in [-0.4, -0.2) is 22.2 Å². The van der Waals surface area contributed by atoms with Crippen LogP contribution >= 0.6 is 11.6 Å². The first-order valence-corrected chi connectivity index (χ1v) is 6.99. The van der Waals surface area contributed by atoms with Crippen molar-refractivity contribution in [2.45, 2.75) is 6.92 Å². The zero-order chi connectivity index (χ0) is 14.8. The van der Waals surface area contributed by atoms with Gasteiger partial charge in [-0.1, -0.05) is 29.8 Å². The Balaban J connectivity index is 2.26. The molecule has 2 aromatic heterocycles. The lowest BCUT2D eigenvalue weighted by atomic mass is 10.1. The topological polar surface area (TPSA) is 43.6 Å². The van der Waals surface area contributed by atoms with E-state index in [4.69, 9.17) is 16.3 Å². The highest BCUT2D eigenvalue weighted by Gasteiger charge is 2.21. The molecule has 106 valence electrons. The molecule has 0 aliphatic carbocycles. The van der Waals surface area contributed by atoms with E-state index in [2.05, 4.69) is 5.10 Å². The van der Waals surface area contributed by atoms with Crippen molar-refractivity contribution in [1.29, 1.82) is 0 Å². The van der Waals surface area contributed by atoms with Crippen molar-refractivity contribution in [3.63, 3.8) is 0 Å². The summed E-state index contributed by atoms with van der Waals surface area (Å²) >= 11 is 6.04. The first-order chi connectivity index (χ1) is 10.2. The third kappa shape index (κ3) is 2.50. The molecule has 1 aromatic carbocycles. The summed E-state index contributed by atoms with van der Waals surface area (Å²) in [6, 6.07) is 12.8. The van der Waals surface area contributed by atoms with Crippen LogP contribution in [0.25, 0.3) is 16.8 Å². The zero-order valence-corrected chi connectivity index (χ0v) is 12.2. The van der Waals surface area contributed by atoms with Crippen molar-refractivity contribution in [3.05, 3.63) is 59.2 Å². The van der Waals surface area contributed by atoms with Crippen LogP contribution in [0.15, 0.2) is 48.7 Å². The van der Waals surface area contributed by atoms with Gasteiger partial charge in [0.05, 0.1) is 12.1 Å². The van der Waals surface area contributed by atoms with Gasteiger partial charge in [-0.05, 0) is 31.2 Å². The fourth-order valence-corrected chi connectivity index (χ4v) is 2.43. The number of halogens is 1. The number of esters is 1. The molecule has 0 unspecified atom stereocenters. The molecule has 0 bridgehead atoms. The standard InChI is InChI=1S/C16H13ClN2O2/c1-2-21-16(20)14-13-8-3-4-9-19(13)18-15(14)11-6-5-7-12(17)10-11/h3-10H,2H2,1H3. The third-order valence-corrected chi connectivity index (χ3v) is 3.35. The minimum atomic E-state index is -0.381. The molecular formula is C16H13ClN2O2. The molecule has 21 heavy (non-hydrogen) atoms. The van der Waals surface area contributed by atoms with Crippen molar-refractivity contribution >= 4 is 23.1 Å². The summed E-state index contributed by atoms with van der Waals surface area (Å²) < 4.78 is 6.83. The van der Waals surface area contributed by atoms with Crippen LogP contribution in [0.5, 0.6) is 0 Å². The van der Waals surface area contributed by atoms with Gasteiger partial charge in [0.1, 0.15) is 11.3 Å². The Bertz CT molecular complexity index is 811. The van der Waals surface area contributed by atoms with Crippen LogP contribution < -0.4 is 0 Å². The quantitative estimate of drug-likeness (QED) is 0.690. The predicted octanol–water partition coefficient (Wildman–Crippen LogP) is 3.83. The highest BCUT2D eigenvalue weighted by Crippen LogP contribution is 2.28. The first kappa shape index (κ1) is 13.6. The SMILES string of the molecule is CCOC(=O)c1c(-c2cccc(Cl)c2)nn2ccccc12. The lowest BCUT2D eigenvalue weighted by Crippen LogP contribution is -2.05. The molecule has 3 aromatic rings. The summed E-state index contributed by atoms with van der Waals surface area (Å²) in [5, 5.41) is 5.08. The van der Waals surface area contributed by atoms with E-state index < -0.39 is 0 Å². The number of hydrogen-bond donors (Lipinski definition) is 0. The first-order valence-electron chi connectivity index (χ1n) is 6.61. The van der Waals surface area contributed by atoms with Crippen LogP contribution in [0, 0.1) is 0 Å². The Morgan fingerprint density at radius 2 is 2.14 bits per heavy atom. The van der Waals surface area contributed by atoms with E-state index in [1.165, 1.54) is 0 Å². The summed E-state index contributed by atoms with van der Waals surface area (Å²) in [6.45, 7) is 2.10. The van der Waals surface area contributed by atoms with E-state index in [-0.39, 0.29) is 5.97 Å². The Morgan fingerprint density at radius 3 is 2.90 bits per heavy atom. The Morgan fingerprint density at radius 1 is 1.29 bits per heavy atom. The molecule has 0 fully saturated rings. The lowest BCUT2D eigenvalue weighted by molar-refractivity contribution is 0.0529. The van der Waals surface area contributed by atoms with Gasteiger partial charge in [-0.2, -0.15) is 5.10 Å². The fourth-order valence-electron chi connectivity index (χ4n) is 2.24. The van der Waals surface area contributed by atoms with Crippen LogP contribution in [0.3, 0.4) is 0 Å². The monoisotopic (exact) mass is 300 g/mol. The van der Waals surface area contributed by atoms with Crippen molar-refractivity contribution in [1.82, 2.24) is 9.61 Å². The molecule has 3 rings (SSSR count). The smallest absolute Gasteiger partial charge is 0.342 e. The van der Waals surface area contributed by atoms with Crippen LogP contribution in [0.1, 0.15) is 17.3 Å². The molecule has 0 saturated carbocycles. The molecule has 0 N–H and O–H groups in total. The maximum atomic E-state index is 12.3. The molecule has 0 amide bonds. The van der Waals surface area contributed by atoms with Crippen molar-refractivity contribution in [3.8, 4) is 11.3 Å². The number of carbonyl (C=O) groups is 1. The summed E-state index contributed by atoms with van der Waals surface area (Å²) in [5.41, 5.74) is 2.53. The third-order valence-electron chi connectivity index (χ3n) is 3.12. The molecular weight excluding hydrogens is 288 g/mol. The van der Waals surface area contributed by atoms with Gasteiger partial charge in [0.15, 0.2) is 0 Å². The number of nitrogens with zero attached hydrogens (tertiary/aromatic N) is 2. The van der Waals surface area contributed by atoms with Crippen LogP contribution in [0.2, 0.25) is 5.02 Å². The summed E-state index contributed by atoms with van der Waals surface area (Å²) in [4.78, 5) is 12.3. The van der Waals surface area contributed by atoms with Gasteiger partial charge >= 0.3 is 5.97 Å².